The fraction of sp³-hybridized carbons (Fsp3) is 0.182. The highest BCUT2D eigenvalue weighted by Crippen LogP contribution is 2.17. The maximum Gasteiger partial charge on any atom is 0.320 e. The monoisotopic (exact) mass is 222 g/mol. The zero-order valence-corrected chi connectivity index (χ0v) is 8.40. The van der Waals surface area contributed by atoms with Crippen molar-refractivity contribution >= 4 is 16.9 Å². The Hall–Kier alpha value is -1.88. The van der Waals surface area contributed by atoms with Gasteiger partial charge >= 0.3 is 5.97 Å². The van der Waals surface area contributed by atoms with Gasteiger partial charge in [-0.05, 0) is 24.3 Å². The van der Waals surface area contributed by atoms with Gasteiger partial charge in [-0.15, -0.1) is 0 Å². The molecule has 2 aromatic rings. The Bertz CT molecular complexity index is 536. The van der Waals surface area contributed by atoms with Gasteiger partial charge in [0.15, 0.2) is 0 Å². The molecule has 0 saturated carbocycles. The van der Waals surface area contributed by atoms with E-state index in [1.54, 1.807) is 12.1 Å². The number of fused-ring (bicyclic) bond motifs is 1. The van der Waals surface area contributed by atoms with Gasteiger partial charge < -0.3 is 15.8 Å². The molecule has 0 spiro atoms. The Labute approximate surface area is 90.9 Å². The summed E-state index contributed by atoms with van der Waals surface area (Å²) in [6, 6.07) is 5.11. The predicted molar refractivity (Wildman–Crippen MR) is 57.6 cm³/mol. The summed E-state index contributed by atoms with van der Waals surface area (Å²) in [4.78, 5) is 13.6. The molecule has 0 amide bonds. The van der Waals surface area contributed by atoms with Gasteiger partial charge in [0.05, 0.1) is 0 Å². The van der Waals surface area contributed by atoms with Crippen molar-refractivity contribution in [1.82, 2.24) is 4.98 Å². The molecule has 1 aromatic carbocycles. The number of rotatable bonds is 3. The van der Waals surface area contributed by atoms with Crippen LogP contribution in [0.3, 0.4) is 0 Å². The van der Waals surface area contributed by atoms with Crippen LogP contribution in [0.15, 0.2) is 24.3 Å². The van der Waals surface area contributed by atoms with E-state index >= 15 is 0 Å². The summed E-state index contributed by atoms with van der Waals surface area (Å²) in [5.74, 6) is -1.37. The number of aromatic amines is 1. The number of aliphatic carboxylic acids is 1. The number of nitrogens with two attached hydrogens (primary N) is 1. The van der Waals surface area contributed by atoms with Crippen LogP contribution < -0.4 is 5.73 Å². The van der Waals surface area contributed by atoms with Crippen molar-refractivity contribution < 1.29 is 14.3 Å². The first kappa shape index (κ1) is 10.6. The normalized spacial score (nSPS) is 12.9. The lowest BCUT2D eigenvalue weighted by molar-refractivity contribution is -0.138. The lowest BCUT2D eigenvalue weighted by Gasteiger charge is -2.02. The molecule has 2 rings (SSSR count). The molecular formula is C11H11FN2O2. The number of carboxylic acids is 1. The average Bonchev–Trinajstić information content (AvgIpc) is 2.58. The minimum absolute atomic E-state index is 0.200. The summed E-state index contributed by atoms with van der Waals surface area (Å²) in [6.07, 6.45) is 0.200. The maximum atomic E-state index is 12.9. The summed E-state index contributed by atoms with van der Waals surface area (Å²) in [7, 11) is 0. The molecule has 0 aliphatic carbocycles. The predicted octanol–water partition coefficient (Wildman–Crippen LogP) is 1.26. The van der Waals surface area contributed by atoms with Gasteiger partial charge in [-0.2, -0.15) is 0 Å². The first-order valence-corrected chi connectivity index (χ1v) is 4.82. The number of H-pyrrole nitrogens is 1. The number of carbonyl (C=O) groups is 1. The number of hydrogen-bond acceptors (Lipinski definition) is 2. The Morgan fingerprint density at radius 2 is 2.25 bits per heavy atom. The molecule has 4 N–H and O–H groups in total. The van der Waals surface area contributed by atoms with Gasteiger partial charge in [-0.3, -0.25) is 4.79 Å². The Morgan fingerprint density at radius 3 is 2.94 bits per heavy atom. The van der Waals surface area contributed by atoms with Crippen LogP contribution in [-0.4, -0.2) is 22.1 Å². The van der Waals surface area contributed by atoms with Crippen LogP contribution in [0.25, 0.3) is 10.9 Å². The molecular weight excluding hydrogens is 211 g/mol. The van der Waals surface area contributed by atoms with E-state index in [0.29, 0.717) is 11.1 Å². The summed E-state index contributed by atoms with van der Waals surface area (Å²) in [5, 5.41) is 9.38. The van der Waals surface area contributed by atoms with E-state index in [-0.39, 0.29) is 12.2 Å². The van der Waals surface area contributed by atoms with E-state index < -0.39 is 12.0 Å². The van der Waals surface area contributed by atoms with E-state index in [4.69, 9.17) is 10.8 Å². The van der Waals surface area contributed by atoms with Gasteiger partial charge in [0, 0.05) is 23.0 Å². The third-order valence-electron chi connectivity index (χ3n) is 2.40. The second kappa shape index (κ2) is 3.94. The molecule has 1 aromatic heterocycles. The van der Waals surface area contributed by atoms with E-state index in [9.17, 15) is 9.18 Å². The molecule has 1 atom stereocenters. The molecule has 0 radical (unpaired) electrons. The first-order valence-electron chi connectivity index (χ1n) is 4.82. The first-order chi connectivity index (χ1) is 7.56. The lowest BCUT2D eigenvalue weighted by atomic mass is 10.1. The Balaban J connectivity index is 2.29. The quantitative estimate of drug-likeness (QED) is 0.731. The van der Waals surface area contributed by atoms with Gasteiger partial charge in [0.1, 0.15) is 11.9 Å². The van der Waals surface area contributed by atoms with Crippen molar-refractivity contribution in [2.24, 2.45) is 5.73 Å². The van der Waals surface area contributed by atoms with Crippen LogP contribution >= 0.6 is 0 Å². The summed E-state index contributed by atoms with van der Waals surface area (Å²) in [5.41, 5.74) is 6.87. The second-order valence-electron chi connectivity index (χ2n) is 3.68. The van der Waals surface area contributed by atoms with Gasteiger partial charge in [0.2, 0.25) is 0 Å². The molecule has 1 unspecified atom stereocenters. The molecule has 0 fully saturated rings. The molecule has 0 aliphatic rings. The zero-order valence-electron chi connectivity index (χ0n) is 8.40. The van der Waals surface area contributed by atoms with E-state index in [2.05, 4.69) is 4.98 Å². The third-order valence-corrected chi connectivity index (χ3v) is 2.40. The Kier molecular flexibility index (Phi) is 2.62. The molecule has 16 heavy (non-hydrogen) atoms. The fourth-order valence-corrected chi connectivity index (χ4v) is 1.60. The van der Waals surface area contributed by atoms with E-state index in [1.807, 2.05) is 0 Å². The number of benzene rings is 1. The SMILES string of the molecule is NC(Cc1cc2cc(F)ccc2[nH]1)C(=O)O. The molecule has 5 heteroatoms. The minimum Gasteiger partial charge on any atom is -0.480 e. The molecule has 4 nitrogen and oxygen atoms in total. The Morgan fingerprint density at radius 1 is 1.50 bits per heavy atom. The van der Waals surface area contributed by atoms with Crippen LogP contribution in [0.5, 0.6) is 0 Å². The molecule has 0 bridgehead atoms. The van der Waals surface area contributed by atoms with Gasteiger partial charge in [-0.25, -0.2) is 4.39 Å². The molecule has 0 saturated heterocycles. The van der Waals surface area contributed by atoms with Crippen LogP contribution in [-0.2, 0) is 11.2 Å². The molecule has 1 heterocycles. The van der Waals surface area contributed by atoms with Crippen LogP contribution in [0.2, 0.25) is 0 Å². The van der Waals surface area contributed by atoms with E-state index in [0.717, 1.165) is 5.52 Å². The van der Waals surface area contributed by atoms with Gasteiger partial charge in [-0.1, -0.05) is 0 Å². The van der Waals surface area contributed by atoms with Crippen molar-refractivity contribution in [2.75, 3.05) is 0 Å². The average molecular weight is 222 g/mol. The number of halogens is 1. The number of carboxylic acid groups (broad SMARTS) is 1. The van der Waals surface area contributed by atoms with E-state index in [1.165, 1.54) is 12.1 Å². The molecule has 0 aliphatic heterocycles. The maximum absolute atomic E-state index is 12.9. The third kappa shape index (κ3) is 2.04. The summed E-state index contributed by atoms with van der Waals surface area (Å²) in [6.45, 7) is 0. The van der Waals surface area contributed by atoms with Crippen molar-refractivity contribution in [3.63, 3.8) is 0 Å². The summed E-state index contributed by atoms with van der Waals surface area (Å²) < 4.78 is 12.9. The highest BCUT2D eigenvalue weighted by molar-refractivity contribution is 5.81. The summed E-state index contributed by atoms with van der Waals surface area (Å²) >= 11 is 0. The second-order valence-corrected chi connectivity index (χ2v) is 3.68. The fourth-order valence-electron chi connectivity index (χ4n) is 1.60. The van der Waals surface area contributed by atoms with Crippen molar-refractivity contribution in [3.05, 3.63) is 35.8 Å². The van der Waals surface area contributed by atoms with Crippen molar-refractivity contribution in [1.29, 1.82) is 0 Å². The lowest BCUT2D eigenvalue weighted by Crippen LogP contribution is -2.32. The number of nitrogens with one attached hydrogen (secondary N) is 1. The largest absolute Gasteiger partial charge is 0.480 e. The number of hydrogen-bond donors (Lipinski definition) is 3. The minimum atomic E-state index is -1.05. The van der Waals surface area contributed by atoms with Crippen LogP contribution in [0.1, 0.15) is 5.69 Å². The van der Waals surface area contributed by atoms with Gasteiger partial charge in [0.25, 0.3) is 0 Å². The highest BCUT2D eigenvalue weighted by Gasteiger charge is 2.13. The van der Waals surface area contributed by atoms with Crippen molar-refractivity contribution in [3.8, 4) is 0 Å². The van der Waals surface area contributed by atoms with Crippen LogP contribution in [0, 0.1) is 5.82 Å². The van der Waals surface area contributed by atoms with Crippen LogP contribution in [0.4, 0.5) is 4.39 Å². The molecule has 84 valence electrons. The smallest absolute Gasteiger partial charge is 0.320 e. The standard InChI is InChI=1S/C11H11FN2O2/c12-7-1-2-10-6(3-7)4-8(14-10)5-9(13)11(15)16/h1-4,9,14H,5,13H2,(H,15,16). The van der Waals surface area contributed by atoms with Crippen molar-refractivity contribution in [2.45, 2.75) is 12.5 Å². The topological polar surface area (TPSA) is 79.1 Å². The number of aromatic nitrogens is 1. The highest BCUT2D eigenvalue weighted by atomic mass is 19.1. The zero-order chi connectivity index (χ0) is 11.7.